The van der Waals surface area contributed by atoms with Crippen molar-refractivity contribution in [2.75, 3.05) is 6.54 Å². The molecular formula is C15H23N3. The zero-order chi connectivity index (χ0) is 13.5. The largest absolute Gasteiger partial charge is 0.326 e. The van der Waals surface area contributed by atoms with Gasteiger partial charge in [0.15, 0.2) is 0 Å². The Labute approximate surface area is 110 Å². The van der Waals surface area contributed by atoms with Crippen molar-refractivity contribution in [1.82, 2.24) is 4.90 Å². The molecule has 1 rings (SSSR count). The molecule has 0 bridgehead atoms. The van der Waals surface area contributed by atoms with Crippen LogP contribution >= 0.6 is 0 Å². The van der Waals surface area contributed by atoms with E-state index in [1.54, 1.807) is 0 Å². The minimum atomic E-state index is 0.0356. The summed E-state index contributed by atoms with van der Waals surface area (Å²) < 4.78 is 0. The molecule has 2 unspecified atom stereocenters. The molecule has 3 nitrogen and oxygen atoms in total. The van der Waals surface area contributed by atoms with Gasteiger partial charge in [0.25, 0.3) is 0 Å². The van der Waals surface area contributed by atoms with Crippen molar-refractivity contribution in [3.63, 3.8) is 0 Å². The van der Waals surface area contributed by atoms with Gasteiger partial charge in [-0.2, -0.15) is 5.26 Å². The summed E-state index contributed by atoms with van der Waals surface area (Å²) in [6.07, 6.45) is 0.536. The van der Waals surface area contributed by atoms with E-state index in [-0.39, 0.29) is 12.1 Å². The van der Waals surface area contributed by atoms with Gasteiger partial charge in [0.1, 0.15) is 0 Å². The molecule has 0 fully saturated rings. The standard InChI is InChI=1S/C15H23N3/c1-12(2)18(11-7-10-16)15(13(3)17)14-8-5-4-6-9-14/h4-6,8-9,12-13,15H,7,11,17H2,1-3H3. The van der Waals surface area contributed by atoms with E-state index in [1.807, 2.05) is 25.1 Å². The third kappa shape index (κ3) is 3.83. The second-order valence-corrected chi connectivity index (χ2v) is 4.95. The smallest absolute Gasteiger partial charge is 0.0635 e. The molecule has 0 aromatic heterocycles. The third-order valence-corrected chi connectivity index (χ3v) is 3.14. The van der Waals surface area contributed by atoms with Crippen molar-refractivity contribution in [2.24, 2.45) is 5.73 Å². The average Bonchev–Trinajstić information content (AvgIpc) is 2.34. The Balaban J connectivity index is 2.98. The van der Waals surface area contributed by atoms with Gasteiger partial charge in [-0.3, -0.25) is 4.90 Å². The van der Waals surface area contributed by atoms with Gasteiger partial charge >= 0.3 is 0 Å². The van der Waals surface area contributed by atoms with E-state index in [0.717, 1.165) is 6.54 Å². The molecule has 3 heteroatoms. The molecule has 2 N–H and O–H groups in total. The van der Waals surface area contributed by atoms with Gasteiger partial charge in [0.2, 0.25) is 0 Å². The lowest BCUT2D eigenvalue weighted by molar-refractivity contribution is 0.139. The summed E-state index contributed by atoms with van der Waals surface area (Å²) in [6.45, 7) is 7.08. The molecular weight excluding hydrogens is 222 g/mol. The summed E-state index contributed by atoms with van der Waals surface area (Å²) in [5, 5.41) is 8.78. The third-order valence-electron chi connectivity index (χ3n) is 3.14. The van der Waals surface area contributed by atoms with Gasteiger partial charge < -0.3 is 5.73 Å². The summed E-state index contributed by atoms with van der Waals surface area (Å²) in [7, 11) is 0. The molecule has 1 aromatic rings. The number of benzene rings is 1. The molecule has 0 heterocycles. The predicted molar refractivity (Wildman–Crippen MR) is 74.9 cm³/mol. The first-order chi connectivity index (χ1) is 8.57. The van der Waals surface area contributed by atoms with Crippen molar-refractivity contribution in [3.8, 4) is 6.07 Å². The summed E-state index contributed by atoms with van der Waals surface area (Å²) in [4.78, 5) is 2.31. The van der Waals surface area contributed by atoms with Gasteiger partial charge in [-0.25, -0.2) is 0 Å². The Kier molecular flexibility index (Phi) is 5.84. The van der Waals surface area contributed by atoms with E-state index in [9.17, 15) is 0 Å². The maximum Gasteiger partial charge on any atom is 0.0635 e. The highest BCUT2D eigenvalue weighted by atomic mass is 15.2. The topological polar surface area (TPSA) is 53.0 Å². The van der Waals surface area contributed by atoms with Crippen LogP contribution in [0.25, 0.3) is 0 Å². The first kappa shape index (κ1) is 14.7. The van der Waals surface area contributed by atoms with Gasteiger partial charge in [0.05, 0.1) is 6.07 Å². The van der Waals surface area contributed by atoms with E-state index >= 15 is 0 Å². The molecule has 0 saturated heterocycles. The number of nitriles is 1. The quantitative estimate of drug-likeness (QED) is 0.838. The van der Waals surface area contributed by atoms with Crippen LogP contribution in [-0.4, -0.2) is 23.5 Å². The molecule has 0 saturated carbocycles. The molecule has 0 radical (unpaired) electrons. The Hall–Kier alpha value is -1.37. The number of hydrogen-bond donors (Lipinski definition) is 1. The first-order valence-corrected chi connectivity index (χ1v) is 6.51. The summed E-state index contributed by atoms with van der Waals surface area (Å²) in [5.74, 6) is 0. The fourth-order valence-electron chi connectivity index (χ4n) is 2.34. The highest BCUT2D eigenvalue weighted by molar-refractivity contribution is 5.20. The van der Waals surface area contributed by atoms with E-state index in [4.69, 9.17) is 11.0 Å². The Morgan fingerprint density at radius 3 is 2.28 bits per heavy atom. The average molecular weight is 245 g/mol. The predicted octanol–water partition coefficient (Wildman–Crippen LogP) is 2.70. The Morgan fingerprint density at radius 1 is 1.22 bits per heavy atom. The maximum atomic E-state index is 8.78. The zero-order valence-corrected chi connectivity index (χ0v) is 11.5. The van der Waals surface area contributed by atoms with Crippen LogP contribution in [0, 0.1) is 11.3 Å². The molecule has 0 spiro atoms. The molecule has 1 aromatic carbocycles. The molecule has 0 aliphatic rings. The highest BCUT2D eigenvalue weighted by Crippen LogP contribution is 2.25. The number of nitrogens with two attached hydrogens (primary N) is 1. The van der Waals surface area contributed by atoms with Crippen LogP contribution < -0.4 is 5.73 Å². The second-order valence-electron chi connectivity index (χ2n) is 4.95. The van der Waals surface area contributed by atoms with E-state index in [1.165, 1.54) is 5.56 Å². The van der Waals surface area contributed by atoms with Crippen LogP contribution in [-0.2, 0) is 0 Å². The number of hydrogen-bond acceptors (Lipinski definition) is 3. The van der Waals surface area contributed by atoms with Crippen LogP contribution in [0.4, 0.5) is 0 Å². The van der Waals surface area contributed by atoms with Crippen molar-refractivity contribution < 1.29 is 0 Å². The Bertz CT molecular complexity index is 378. The van der Waals surface area contributed by atoms with Crippen LogP contribution in [0.2, 0.25) is 0 Å². The van der Waals surface area contributed by atoms with Crippen molar-refractivity contribution >= 4 is 0 Å². The van der Waals surface area contributed by atoms with Crippen LogP contribution in [0.5, 0.6) is 0 Å². The lowest BCUT2D eigenvalue weighted by atomic mass is 9.97. The van der Waals surface area contributed by atoms with Crippen LogP contribution in [0.3, 0.4) is 0 Å². The van der Waals surface area contributed by atoms with E-state index in [2.05, 4.69) is 36.9 Å². The van der Waals surface area contributed by atoms with Crippen molar-refractivity contribution in [1.29, 1.82) is 5.26 Å². The van der Waals surface area contributed by atoms with E-state index < -0.39 is 0 Å². The minimum Gasteiger partial charge on any atom is -0.326 e. The molecule has 0 amide bonds. The second kappa shape index (κ2) is 7.15. The summed E-state index contributed by atoms with van der Waals surface area (Å²) >= 11 is 0. The molecule has 2 atom stereocenters. The number of nitrogens with zero attached hydrogens (tertiary/aromatic N) is 2. The lowest BCUT2D eigenvalue weighted by Crippen LogP contribution is -2.43. The summed E-state index contributed by atoms with van der Waals surface area (Å²) in [6, 6.07) is 13.1. The fourth-order valence-corrected chi connectivity index (χ4v) is 2.34. The van der Waals surface area contributed by atoms with Gasteiger partial charge in [0, 0.05) is 31.1 Å². The van der Waals surface area contributed by atoms with Crippen LogP contribution in [0.15, 0.2) is 30.3 Å². The van der Waals surface area contributed by atoms with Crippen LogP contribution in [0.1, 0.15) is 38.8 Å². The fraction of sp³-hybridized carbons (Fsp3) is 0.533. The van der Waals surface area contributed by atoms with E-state index in [0.29, 0.717) is 12.5 Å². The van der Waals surface area contributed by atoms with Crippen molar-refractivity contribution in [3.05, 3.63) is 35.9 Å². The molecule has 0 aliphatic carbocycles. The maximum absolute atomic E-state index is 8.78. The summed E-state index contributed by atoms with van der Waals surface area (Å²) in [5.41, 5.74) is 7.38. The zero-order valence-electron chi connectivity index (χ0n) is 11.5. The van der Waals surface area contributed by atoms with Gasteiger partial charge in [-0.05, 0) is 26.3 Å². The normalized spacial score (nSPS) is 14.5. The first-order valence-electron chi connectivity index (χ1n) is 6.51. The monoisotopic (exact) mass is 245 g/mol. The minimum absolute atomic E-state index is 0.0356. The van der Waals surface area contributed by atoms with Gasteiger partial charge in [-0.15, -0.1) is 0 Å². The molecule has 98 valence electrons. The number of rotatable bonds is 6. The Morgan fingerprint density at radius 2 is 1.83 bits per heavy atom. The lowest BCUT2D eigenvalue weighted by Gasteiger charge is -2.37. The molecule has 0 aliphatic heterocycles. The SMILES string of the molecule is CC(N)C(c1ccccc1)N(CCC#N)C(C)C. The molecule has 18 heavy (non-hydrogen) atoms. The van der Waals surface area contributed by atoms with Gasteiger partial charge in [-0.1, -0.05) is 30.3 Å². The highest BCUT2D eigenvalue weighted by Gasteiger charge is 2.25. The van der Waals surface area contributed by atoms with Crippen molar-refractivity contribution in [2.45, 2.75) is 45.3 Å².